The van der Waals surface area contributed by atoms with Crippen LogP contribution in [0.4, 0.5) is 10.2 Å². The minimum absolute atomic E-state index is 0.0644. The molecule has 2 aromatic rings. The van der Waals surface area contributed by atoms with E-state index >= 15 is 0 Å². The number of aromatic nitrogens is 2. The number of hydrogen-bond acceptors (Lipinski definition) is 6. The van der Waals surface area contributed by atoms with E-state index < -0.39 is 11.9 Å². The summed E-state index contributed by atoms with van der Waals surface area (Å²) in [5.74, 6) is 0.203. The number of amides is 1. The summed E-state index contributed by atoms with van der Waals surface area (Å²) in [5.41, 5.74) is 0.133. The smallest absolute Gasteiger partial charge is 0.258 e. The molecule has 7 nitrogen and oxygen atoms in total. The molecule has 1 heterocycles. The van der Waals surface area contributed by atoms with Gasteiger partial charge in [-0.05, 0) is 65.2 Å². The Balaban J connectivity index is 1.97. The molecule has 1 aromatic carbocycles. The first-order valence-corrected chi connectivity index (χ1v) is 10.5. The van der Waals surface area contributed by atoms with E-state index in [9.17, 15) is 14.3 Å². The van der Waals surface area contributed by atoms with Gasteiger partial charge in [-0.1, -0.05) is 0 Å². The summed E-state index contributed by atoms with van der Waals surface area (Å²) >= 11 is 0. The van der Waals surface area contributed by atoms with Crippen molar-refractivity contribution >= 4 is 11.7 Å². The Morgan fingerprint density at radius 1 is 1.19 bits per heavy atom. The summed E-state index contributed by atoms with van der Waals surface area (Å²) in [4.78, 5) is 25.2. The lowest BCUT2D eigenvalue weighted by atomic mass is 10.1. The highest BCUT2D eigenvalue weighted by atomic mass is 19.1. The van der Waals surface area contributed by atoms with Crippen molar-refractivity contribution in [2.75, 3.05) is 11.9 Å². The zero-order chi connectivity index (χ0) is 22.7. The van der Waals surface area contributed by atoms with E-state index in [1.807, 2.05) is 46.1 Å². The second-order valence-corrected chi connectivity index (χ2v) is 8.36. The van der Waals surface area contributed by atoms with Gasteiger partial charge in [-0.3, -0.25) is 4.79 Å². The number of carbonyl (C=O) groups excluding carboxylic acids is 1. The van der Waals surface area contributed by atoms with Crippen LogP contribution in [0.2, 0.25) is 0 Å². The third-order valence-electron chi connectivity index (χ3n) is 5.49. The van der Waals surface area contributed by atoms with Crippen molar-refractivity contribution in [3.63, 3.8) is 0 Å². The molecular weight excluding hydrogens is 399 g/mol. The van der Waals surface area contributed by atoms with Crippen molar-refractivity contribution in [1.82, 2.24) is 14.9 Å². The number of rotatable bonds is 7. The van der Waals surface area contributed by atoms with E-state index in [-0.39, 0.29) is 35.3 Å². The number of ether oxygens (including phenoxy) is 1. The SMILES string of the molecule is CC(C)N(C(=O)c1cc(F)ccc1Oc1cncnc1N(C)[C@H]1C[CH]C[C@H]1O)C(C)C. The first kappa shape index (κ1) is 22.9. The Morgan fingerprint density at radius 2 is 1.90 bits per heavy atom. The Morgan fingerprint density at radius 3 is 2.52 bits per heavy atom. The predicted octanol–water partition coefficient (Wildman–Crippen LogP) is 3.83. The zero-order valence-electron chi connectivity index (χ0n) is 18.6. The van der Waals surface area contributed by atoms with Crippen LogP contribution in [0.5, 0.6) is 11.5 Å². The van der Waals surface area contributed by atoms with Gasteiger partial charge in [-0.25, -0.2) is 14.4 Å². The fourth-order valence-electron chi connectivity index (χ4n) is 4.05. The van der Waals surface area contributed by atoms with Gasteiger partial charge in [0.05, 0.1) is 23.9 Å². The number of likely N-dealkylation sites (N-methyl/N-ethyl adjacent to an activating group) is 1. The zero-order valence-corrected chi connectivity index (χ0v) is 18.6. The molecule has 0 spiro atoms. The largest absolute Gasteiger partial charge is 0.451 e. The summed E-state index contributed by atoms with van der Waals surface area (Å²) in [6, 6.07) is 3.62. The predicted molar refractivity (Wildman–Crippen MR) is 117 cm³/mol. The fraction of sp³-hybridized carbons (Fsp3) is 0.478. The normalized spacial score (nSPS) is 18.5. The van der Waals surface area contributed by atoms with E-state index in [2.05, 4.69) is 9.97 Å². The molecule has 1 aliphatic rings. The minimum atomic E-state index is -0.519. The maximum Gasteiger partial charge on any atom is 0.258 e. The highest BCUT2D eigenvalue weighted by molar-refractivity contribution is 5.97. The third-order valence-corrected chi connectivity index (χ3v) is 5.49. The summed E-state index contributed by atoms with van der Waals surface area (Å²) in [6.45, 7) is 7.67. The van der Waals surface area contributed by atoms with Crippen molar-refractivity contribution in [3.05, 3.63) is 48.5 Å². The van der Waals surface area contributed by atoms with Crippen LogP contribution in [0.25, 0.3) is 0 Å². The molecule has 2 atom stereocenters. The minimum Gasteiger partial charge on any atom is -0.451 e. The van der Waals surface area contributed by atoms with Gasteiger partial charge in [-0.15, -0.1) is 0 Å². The van der Waals surface area contributed by atoms with E-state index in [0.29, 0.717) is 18.0 Å². The van der Waals surface area contributed by atoms with Crippen molar-refractivity contribution in [2.24, 2.45) is 0 Å². The number of anilines is 1. The van der Waals surface area contributed by atoms with E-state index in [0.717, 1.165) is 6.42 Å². The molecule has 167 valence electrons. The van der Waals surface area contributed by atoms with E-state index in [4.69, 9.17) is 4.74 Å². The number of nitrogens with zero attached hydrogens (tertiary/aromatic N) is 4. The van der Waals surface area contributed by atoms with Gasteiger partial charge in [-0.2, -0.15) is 0 Å². The average molecular weight is 430 g/mol. The second-order valence-electron chi connectivity index (χ2n) is 8.36. The van der Waals surface area contributed by atoms with Gasteiger partial charge in [0, 0.05) is 19.1 Å². The van der Waals surface area contributed by atoms with E-state index in [1.165, 1.54) is 30.7 Å². The molecule has 0 aliphatic heterocycles. The van der Waals surface area contributed by atoms with Gasteiger partial charge < -0.3 is 19.6 Å². The lowest BCUT2D eigenvalue weighted by Crippen LogP contribution is -2.42. The van der Waals surface area contributed by atoms with Crippen LogP contribution in [0.1, 0.15) is 50.9 Å². The Bertz CT molecular complexity index is 913. The van der Waals surface area contributed by atoms with E-state index in [1.54, 1.807) is 4.90 Å². The Kier molecular flexibility index (Phi) is 7.10. The maximum atomic E-state index is 14.1. The number of benzene rings is 1. The van der Waals surface area contributed by atoms with Crippen LogP contribution in [-0.4, -0.2) is 57.2 Å². The molecule has 0 unspecified atom stereocenters. The Labute approximate surface area is 182 Å². The molecule has 8 heteroatoms. The highest BCUT2D eigenvalue weighted by Gasteiger charge is 2.31. The standard InChI is InChI=1S/C23H30FN4O3/c1-14(2)28(15(3)4)23(30)17-11-16(24)9-10-20(17)31-21-12-25-13-26-22(21)27(5)18-7-6-8-19(18)29/h6,9-15,18-19,29H,7-8H2,1-5H3/t18-,19+/m0/s1. The molecule has 31 heavy (non-hydrogen) atoms. The maximum absolute atomic E-state index is 14.1. The van der Waals surface area contributed by atoms with Crippen molar-refractivity contribution in [2.45, 2.75) is 64.8 Å². The lowest BCUT2D eigenvalue weighted by molar-refractivity contribution is 0.0640. The number of hydrogen-bond donors (Lipinski definition) is 1. The van der Waals surface area contributed by atoms with Crippen molar-refractivity contribution < 1.29 is 19.0 Å². The lowest BCUT2D eigenvalue weighted by Gasteiger charge is -2.31. The molecule has 1 amide bonds. The van der Waals surface area contributed by atoms with Crippen molar-refractivity contribution in [1.29, 1.82) is 0 Å². The molecule has 1 fully saturated rings. The quantitative estimate of drug-likeness (QED) is 0.721. The molecule has 0 saturated heterocycles. The molecular formula is C23H30FN4O3. The summed E-state index contributed by atoms with van der Waals surface area (Å²) < 4.78 is 20.1. The fourth-order valence-corrected chi connectivity index (χ4v) is 4.05. The second kappa shape index (κ2) is 9.60. The molecule has 1 N–H and O–H groups in total. The molecule has 1 radical (unpaired) electrons. The monoisotopic (exact) mass is 429 g/mol. The van der Waals surface area contributed by atoms with Gasteiger partial charge in [0.15, 0.2) is 11.6 Å². The van der Waals surface area contributed by atoms with Crippen LogP contribution in [0.15, 0.2) is 30.7 Å². The van der Waals surface area contributed by atoms with Crippen LogP contribution < -0.4 is 9.64 Å². The van der Waals surface area contributed by atoms with Crippen LogP contribution in [0, 0.1) is 12.2 Å². The summed E-state index contributed by atoms with van der Waals surface area (Å²) in [5, 5.41) is 10.3. The summed E-state index contributed by atoms with van der Waals surface area (Å²) in [6.07, 6.45) is 5.79. The highest BCUT2D eigenvalue weighted by Crippen LogP contribution is 2.35. The van der Waals surface area contributed by atoms with Gasteiger partial charge in [0.1, 0.15) is 17.9 Å². The third kappa shape index (κ3) is 4.95. The van der Waals surface area contributed by atoms with Crippen molar-refractivity contribution in [3.8, 4) is 11.5 Å². The number of aliphatic hydroxyl groups is 1. The Hall–Kier alpha value is -2.74. The number of halogens is 1. The summed E-state index contributed by atoms with van der Waals surface area (Å²) in [7, 11) is 1.83. The topological polar surface area (TPSA) is 78.8 Å². The van der Waals surface area contributed by atoms with Crippen LogP contribution in [0.3, 0.4) is 0 Å². The van der Waals surface area contributed by atoms with Crippen LogP contribution in [-0.2, 0) is 0 Å². The van der Waals surface area contributed by atoms with Crippen LogP contribution >= 0.6 is 0 Å². The van der Waals surface area contributed by atoms with Gasteiger partial charge in [0.25, 0.3) is 5.91 Å². The molecule has 1 aromatic heterocycles. The first-order valence-electron chi connectivity index (χ1n) is 10.5. The molecule has 3 rings (SSSR count). The first-order chi connectivity index (χ1) is 14.7. The molecule has 1 saturated carbocycles. The molecule has 0 bridgehead atoms. The number of aliphatic hydroxyl groups excluding tert-OH is 1. The van der Waals surface area contributed by atoms with Gasteiger partial charge in [0.2, 0.25) is 0 Å². The van der Waals surface area contributed by atoms with Gasteiger partial charge >= 0.3 is 0 Å². The molecule has 1 aliphatic carbocycles. The average Bonchev–Trinajstić information content (AvgIpc) is 3.14. The number of carbonyl (C=O) groups is 1.